The largest absolute Gasteiger partial charge is 0.392 e. The molecule has 2 nitrogen and oxygen atoms in total. The molecular weight excluding hydrogens is 170 g/mol. The molecule has 0 unspecified atom stereocenters. The first-order valence-corrected chi connectivity index (χ1v) is 10.1. The van der Waals surface area contributed by atoms with Gasteiger partial charge in [0, 0.05) is 0 Å². The van der Waals surface area contributed by atoms with E-state index >= 15 is 0 Å². The van der Waals surface area contributed by atoms with Crippen LogP contribution in [-0.4, -0.2) is 27.5 Å². The summed E-state index contributed by atoms with van der Waals surface area (Å²) in [5.41, 5.74) is 0. The van der Waals surface area contributed by atoms with E-state index in [4.69, 9.17) is 0 Å². The predicted molar refractivity (Wildman–Crippen MR) is 55.8 cm³/mol. The van der Waals surface area contributed by atoms with Gasteiger partial charge < -0.3 is 9.75 Å². The molecule has 0 atom stereocenters. The minimum Gasteiger partial charge on any atom is -0.392 e. The van der Waals surface area contributed by atoms with Crippen molar-refractivity contribution in [2.75, 3.05) is 0 Å². The highest BCUT2D eigenvalue weighted by Crippen LogP contribution is 2.16. The van der Waals surface area contributed by atoms with Gasteiger partial charge in [0.1, 0.15) is 8.24 Å². The van der Waals surface area contributed by atoms with Crippen LogP contribution in [-0.2, 0) is 0 Å². The van der Waals surface area contributed by atoms with Crippen LogP contribution in [0.5, 0.6) is 0 Å². The molecule has 0 bridgehead atoms. The summed E-state index contributed by atoms with van der Waals surface area (Å²) in [4.78, 5) is 0. The summed E-state index contributed by atoms with van der Waals surface area (Å²) in [6, 6.07) is 0. The minimum absolute atomic E-state index is 0.510. The molecule has 0 aliphatic heterocycles. The first-order valence-electron chi connectivity index (χ1n) is 4.17. The van der Waals surface area contributed by atoms with E-state index in [1.165, 1.54) is 0 Å². The van der Waals surface area contributed by atoms with Crippen molar-refractivity contribution in [2.24, 2.45) is 0 Å². The van der Waals surface area contributed by atoms with E-state index in [2.05, 4.69) is 30.8 Å². The molecule has 0 heterocycles. The van der Waals surface area contributed by atoms with Crippen molar-refractivity contribution < 1.29 is 5.11 Å². The minimum atomic E-state index is -1.60. The third-order valence-electron chi connectivity index (χ3n) is 2.18. The monoisotopic (exact) mass is 191 g/mol. The quantitative estimate of drug-likeness (QED) is 0.654. The van der Waals surface area contributed by atoms with E-state index in [1.54, 1.807) is 0 Å². The van der Waals surface area contributed by atoms with Gasteiger partial charge in [0.2, 0.25) is 0 Å². The second-order valence-electron chi connectivity index (χ2n) is 4.48. The maximum atomic E-state index is 9.82. The molecule has 0 aromatic carbocycles. The second-order valence-corrected chi connectivity index (χ2v) is 12.4. The Balaban J connectivity index is 4.22. The summed E-state index contributed by atoms with van der Waals surface area (Å²) in [5.74, 6) is 0. The fourth-order valence-corrected chi connectivity index (χ4v) is 8.08. The molecule has 0 saturated carbocycles. The van der Waals surface area contributed by atoms with Gasteiger partial charge in [-0.25, -0.2) is 0 Å². The highest BCUT2D eigenvalue weighted by Gasteiger charge is 2.37. The van der Waals surface area contributed by atoms with Crippen molar-refractivity contribution in [3.63, 3.8) is 0 Å². The van der Waals surface area contributed by atoms with Crippen LogP contribution in [0.25, 0.3) is 0 Å². The third kappa shape index (κ3) is 3.51. The van der Waals surface area contributed by atoms with Crippen molar-refractivity contribution in [1.82, 2.24) is 4.65 Å². The predicted octanol–water partition coefficient (Wildman–Crippen LogP) is 1.07. The maximum Gasteiger partial charge on any atom is 0.146 e. The van der Waals surface area contributed by atoms with Crippen LogP contribution < -0.4 is 4.65 Å². The number of rotatable bonds is 3. The van der Waals surface area contributed by atoms with Gasteiger partial charge in [-0.05, 0) is 13.8 Å². The van der Waals surface area contributed by atoms with E-state index in [9.17, 15) is 5.11 Å². The molecule has 68 valence electrons. The van der Waals surface area contributed by atoms with Crippen molar-refractivity contribution in [3.05, 3.63) is 0 Å². The fraction of sp³-hybridized carbons (Fsp3) is 1.00. The van der Waals surface area contributed by atoms with E-state index < -0.39 is 22.4 Å². The van der Waals surface area contributed by atoms with Crippen molar-refractivity contribution in [2.45, 2.75) is 45.3 Å². The second kappa shape index (κ2) is 3.39. The smallest absolute Gasteiger partial charge is 0.146 e. The molecule has 11 heavy (non-hydrogen) atoms. The highest BCUT2D eigenvalue weighted by atomic mass is 28.4. The summed E-state index contributed by atoms with van der Waals surface area (Å²) in [6.45, 7) is 12.7. The lowest BCUT2D eigenvalue weighted by Crippen LogP contribution is -2.64. The maximum absolute atomic E-state index is 9.82. The van der Waals surface area contributed by atoms with Crippen molar-refractivity contribution >= 4 is 17.2 Å². The summed E-state index contributed by atoms with van der Waals surface area (Å²) in [7, 11) is -2.34. The molecule has 0 saturated heterocycles. The molecule has 0 rings (SSSR count). The van der Waals surface area contributed by atoms with Crippen LogP contribution in [0.2, 0.25) is 26.2 Å². The average molecular weight is 191 g/mol. The molecule has 0 spiro atoms. The van der Waals surface area contributed by atoms with Crippen molar-refractivity contribution in [1.29, 1.82) is 0 Å². The van der Waals surface area contributed by atoms with Crippen LogP contribution >= 0.6 is 0 Å². The standard InChI is InChI=1S/C7H21NOSi2/c1-7(2,9)11(5,6)8-10(3)4/h8-10H,1-6H3. The van der Waals surface area contributed by atoms with E-state index in [-0.39, 0.29) is 0 Å². The molecular formula is C7H21NOSi2. The number of hydrogen-bond donors (Lipinski definition) is 2. The van der Waals surface area contributed by atoms with E-state index in [0.29, 0.717) is 0 Å². The lowest BCUT2D eigenvalue weighted by Gasteiger charge is -2.37. The van der Waals surface area contributed by atoms with Gasteiger partial charge in [-0.15, -0.1) is 0 Å². The first-order chi connectivity index (χ1) is 4.67. The lowest BCUT2D eigenvalue weighted by atomic mass is 10.5. The Morgan fingerprint density at radius 1 is 1.27 bits per heavy atom. The number of nitrogens with one attached hydrogen (secondary N) is 1. The third-order valence-corrected chi connectivity index (χ3v) is 10.4. The Morgan fingerprint density at radius 3 is 1.73 bits per heavy atom. The molecule has 0 radical (unpaired) electrons. The molecule has 0 aliphatic carbocycles. The number of hydrogen-bond acceptors (Lipinski definition) is 2. The molecule has 4 heteroatoms. The molecule has 0 fully saturated rings. The Morgan fingerprint density at radius 2 is 1.64 bits per heavy atom. The molecule has 0 aliphatic rings. The van der Waals surface area contributed by atoms with Crippen LogP contribution in [0.4, 0.5) is 0 Å². The Kier molecular flexibility index (Phi) is 3.50. The van der Waals surface area contributed by atoms with Gasteiger partial charge in [-0.1, -0.05) is 26.2 Å². The van der Waals surface area contributed by atoms with Crippen LogP contribution in [0.15, 0.2) is 0 Å². The highest BCUT2D eigenvalue weighted by molar-refractivity contribution is 6.85. The van der Waals surface area contributed by atoms with Gasteiger partial charge in [0.25, 0.3) is 0 Å². The van der Waals surface area contributed by atoms with Gasteiger partial charge in [-0.2, -0.15) is 0 Å². The van der Waals surface area contributed by atoms with E-state index in [0.717, 1.165) is 0 Å². The Bertz CT molecular complexity index is 129. The Labute approximate surface area is 72.8 Å². The average Bonchev–Trinajstić information content (AvgIpc) is 1.56. The normalized spacial score (nSPS) is 14.2. The zero-order chi connectivity index (χ0) is 9.28. The summed E-state index contributed by atoms with van der Waals surface area (Å²) in [6.07, 6.45) is 0. The van der Waals surface area contributed by atoms with Crippen LogP contribution in [0, 0.1) is 0 Å². The molecule has 0 amide bonds. The van der Waals surface area contributed by atoms with Gasteiger partial charge in [0.15, 0.2) is 0 Å². The van der Waals surface area contributed by atoms with Crippen molar-refractivity contribution in [3.8, 4) is 0 Å². The Hall–Kier alpha value is 0.354. The summed E-state index contributed by atoms with van der Waals surface area (Å²) >= 11 is 0. The summed E-state index contributed by atoms with van der Waals surface area (Å²) in [5, 5.41) is 9.31. The van der Waals surface area contributed by atoms with Crippen LogP contribution in [0.3, 0.4) is 0 Å². The molecule has 2 N–H and O–H groups in total. The fourth-order valence-electron chi connectivity index (χ4n) is 0.898. The first kappa shape index (κ1) is 11.4. The zero-order valence-electron chi connectivity index (χ0n) is 8.52. The zero-order valence-corrected chi connectivity index (χ0v) is 10.7. The molecule has 0 aromatic heterocycles. The molecule has 0 aromatic rings. The van der Waals surface area contributed by atoms with Gasteiger partial charge in [-0.3, -0.25) is 0 Å². The number of aliphatic hydroxyl groups is 1. The lowest BCUT2D eigenvalue weighted by molar-refractivity contribution is 0.154. The van der Waals surface area contributed by atoms with Crippen LogP contribution in [0.1, 0.15) is 13.8 Å². The van der Waals surface area contributed by atoms with Gasteiger partial charge >= 0.3 is 0 Å². The topological polar surface area (TPSA) is 32.3 Å². The summed E-state index contributed by atoms with van der Waals surface area (Å²) < 4.78 is 3.59. The van der Waals surface area contributed by atoms with E-state index in [1.807, 2.05) is 13.8 Å². The SMILES string of the molecule is C[SiH](C)N[Si](C)(C)C(C)(C)O. The van der Waals surface area contributed by atoms with Gasteiger partial charge in [0.05, 0.1) is 14.2 Å².